The lowest BCUT2D eigenvalue weighted by Crippen LogP contribution is -2.29. The standard InChI is InChI=1S/C18H20FN3O5S2/c1-9(2)8-27-13-6-10(19)4-5-11(13)20-15(25)16(26)22-18-21-12(7-14(23)24)17(28-3)29-18/h4-6,9H,7-8H2,1-3H3,(H,20,25)(H,23,24)(H,21,22,26). The highest BCUT2D eigenvalue weighted by molar-refractivity contribution is 8.00. The van der Waals surface area contributed by atoms with Crippen LogP contribution in [0.25, 0.3) is 0 Å². The van der Waals surface area contributed by atoms with Crippen molar-refractivity contribution in [3.63, 3.8) is 0 Å². The van der Waals surface area contributed by atoms with Crippen LogP contribution in [0, 0.1) is 11.7 Å². The van der Waals surface area contributed by atoms with Crippen LogP contribution in [0.3, 0.4) is 0 Å². The second-order valence-electron chi connectivity index (χ2n) is 6.28. The van der Waals surface area contributed by atoms with E-state index < -0.39 is 23.6 Å². The van der Waals surface area contributed by atoms with Gasteiger partial charge in [0.15, 0.2) is 5.13 Å². The van der Waals surface area contributed by atoms with Gasteiger partial charge in [0.25, 0.3) is 0 Å². The van der Waals surface area contributed by atoms with Crippen molar-refractivity contribution in [2.75, 3.05) is 23.5 Å². The molecule has 0 saturated carbocycles. The van der Waals surface area contributed by atoms with Crippen LogP contribution in [0.1, 0.15) is 19.5 Å². The summed E-state index contributed by atoms with van der Waals surface area (Å²) in [6.07, 6.45) is 1.46. The van der Waals surface area contributed by atoms with Gasteiger partial charge >= 0.3 is 17.8 Å². The Morgan fingerprint density at radius 2 is 1.97 bits per heavy atom. The molecule has 0 bridgehead atoms. The molecule has 1 heterocycles. The van der Waals surface area contributed by atoms with E-state index >= 15 is 0 Å². The van der Waals surface area contributed by atoms with Crippen LogP contribution in [-0.4, -0.2) is 40.7 Å². The average Bonchev–Trinajstić information content (AvgIpc) is 3.02. The van der Waals surface area contributed by atoms with Gasteiger partial charge in [0.05, 0.1) is 28.6 Å². The van der Waals surface area contributed by atoms with E-state index in [0.29, 0.717) is 16.5 Å². The van der Waals surface area contributed by atoms with E-state index in [4.69, 9.17) is 9.84 Å². The molecule has 29 heavy (non-hydrogen) atoms. The zero-order valence-electron chi connectivity index (χ0n) is 15.9. The van der Waals surface area contributed by atoms with Crippen molar-refractivity contribution in [3.8, 4) is 5.75 Å². The number of ether oxygens (including phenoxy) is 1. The van der Waals surface area contributed by atoms with Gasteiger partial charge in [-0.1, -0.05) is 25.2 Å². The first-order chi connectivity index (χ1) is 13.7. The molecular weight excluding hydrogens is 421 g/mol. The SMILES string of the molecule is CSc1sc(NC(=O)C(=O)Nc2ccc(F)cc2OCC(C)C)nc1CC(=O)O. The third-order valence-corrected chi connectivity index (χ3v) is 5.52. The van der Waals surface area contributed by atoms with Crippen LogP contribution in [0.5, 0.6) is 5.75 Å². The number of nitrogens with zero attached hydrogens (tertiary/aromatic N) is 1. The molecule has 11 heteroatoms. The second kappa shape index (κ2) is 10.2. The highest BCUT2D eigenvalue weighted by Gasteiger charge is 2.20. The maximum absolute atomic E-state index is 13.5. The van der Waals surface area contributed by atoms with Crippen molar-refractivity contribution in [1.29, 1.82) is 0 Å². The van der Waals surface area contributed by atoms with E-state index in [1.807, 2.05) is 13.8 Å². The van der Waals surface area contributed by atoms with Crippen LogP contribution in [0.4, 0.5) is 15.2 Å². The number of aliphatic carboxylic acids is 1. The average molecular weight is 442 g/mol. The Kier molecular flexibility index (Phi) is 7.97. The molecule has 0 aliphatic rings. The Hall–Kier alpha value is -2.66. The summed E-state index contributed by atoms with van der Waals surface area (Å²) in [7, 11) is 0. The van der Waals surface area contributed by atoms with Crippen LogP contribution in [-0.2, 0) is 20.8 Å². The number of benzene rings is 1. The fourth-order valence-electron chi connectivity index (χ4n) is 2.11. The zero-order chi connectivity index (χ0) is 21.6. The van der Waals surface area contributed by atoms with Crippen molar-refractivity contribution in [3.05, 3.63) is 29.7 Å². The number of thiazole rings is 1. The summed E-state index contributed by atoms with van der Waals surface area (Å²) in [6, 6.07) is 3.56. The fourth-order valence-corrected chi connectivity index (χ4v) is 3.75. The lowest BCUT2D eigenvalue weighted by Gasteiger charge is -2.13. The van der Waals surface area contributed by atoms with Gasteiger partial charge in [-0.3, -0.25) is 19.7 Å². The summed E-state index contributed by atoms with van der Waals surface area (Å²) < 4.78 is 19.6. The minimum Gasteiger partial charge on any atom is -0.491 e. The van der Waals surface area contributed by atoms with E-state index in [0.717, 1.165) is 23.5 Å². The normalized spacial score (nSPS) is 10.7. The van der Waals surface area contributed by atoms with Gasteiger partial charge in [0.1, 0.15) is 11.6 Å². The van der Waals surface area contributed by atoms with Gasteiger partial charge in [-0.25, -0.2) is 9.37 Å². The molecule has 0 aliphatic heterocycles. The summed E-state index contributed by atoms with van der Waals surface area (Å²) in [6.45, 7) is 4.14. The third kappa shape index (κ3) is 6.71. The Labute approximate surface area is 174 Å². The molecule has 0 atom stereocenters. The molecule has 0 saturated heterocycles. The third-order valence-electron chi connectivity index (χ3n) is 3.36. The van der Waals surface area contributed by atoms with E-state index in [1.54, 1.807) is 6.26 Å². The summed E-state index contributed by atoms with van der Waals surface area (Å²) in [4.78, 5) is 39.4. The van der Waals surface area contributed by atoms with Gasteiger partial charge in [-0.15, -0.1) is 11.8 Å². The molecule has 0 spiro atoms. The molecule has 2 aromatic rings. The first-order valence-electron chi connectivity index (χ1n) is 8.49. The topological polar surface area (TPSA) is 118 Å². The monoisotopic (exact) mass is 441 g/mol. The van der Waals surface area contributed by atoms with E-state index in [-0.39, 0.29) is 28.9 Å². The summed E-state index contributed by atoms with van der Waals surface area (Å²) in [5.74, 6) is -3.28. The molecule has 3 N–H and O–H groups in total. The van der Waals surface area contributed by atoms with E-state index in [9.17, 15) is 18.8 Å². The Morgan fingerprint density at radius 1 is 1.28 bits per heavy atom. The first kappa shape index (κ1) is 22.6. The Morgan fingerprint density at radius 3 is 2.59 bits per heavy atom. The second-order valence-corrected chi connectivity index (χ2v) is 8.36. The number of rotatable bonds is 8. The van der Waals surface area contributed by atoms with Crippen molar-refractivity contribution in [2.45, 2.75) is 24.5 Å². The number of carboxylic acid groups (broad SMARTS) is 1. The Bertz CT molecular complexity index is 917. The number of hydrogen-bond acceptors (Lipinski definition) is 7. The van der Waals surface area contributed by atoms with Gasteiger partial charge in [-0.05, 0) is 24.3 Å². The highest BCUT2D eigenvalue weighted by Crippen LogP contribution is 2.31. The van der Waals surface area contributed by atoms with Crippen LogP contribution < -0.4 is 15.4 Å². The van der Waals surface area contributed by atoms with Crippen LogP contribution in [0.15, 0.2) is 22.4 Å². The van der Waals surface area contributed by atoms with Crippen molar-refractivity contribution < 1.29 is 28.6 Å². The number of carboxylic acids is 1. The predicted molar refractivity (Wildman–Crippen MR) is 109 cm³/mol. The number of thioether (sulfide) groups is 1. The Balaban J connectivity index is 2.09. The number of aromatic nitrogens is 1. The quantitative estimate of drug-likeness (QED) is 0.425. The van der Waals surface area contributed by atoms with E-state index in [2.05, 4.69) is 15.6 Å². The van der Waals surface area contributed by atoms with Crippen LogP contribution >= 0.6 is 23.1 Å². The predicted octanol–water partition coefficient (Wildman–Crippen LogP) is 3.24. The number of anilines is 2. The number of halogens is 1. The minimum atomic E-state index is -1.05. The van der Waals surface area contributed by atoms with Gasteiger partial charge < -0.3 is 15.2 Å². The highest BCUT2D eigenvalue weighted by atomic mass is 32.2. The summed E-state index contributed by atoms with van der Waals surface area (Å²) >= 11 is 2.37. The maximum atomic E-state index is 13.5. The molecular formula is C18H20FN3O5S2. The van der Waals surface area contributed by atoms with E-state index in [1.165, 1.54) is 17.8 Å². The lowest BCUT2D eigenvalue weighted by molar-refractivity contribution is -0.136. The van der Waals surface area contributed by atoms with Gasteiger partial charge in [0.2, 0.25) is 0 Å². The number of amides is 2. The molecule has 0 aliphatic carbocycles. The molecule has 156 valence electrons. The molecule has 0 fully saturated rings. The number of carbonyl (C=O) groups is 3. The lowest BCUT2D eigenvalue weighted by atomic mass is 10.2. The van der Waals surface area contributed by atoms with Crippen molar-refractivity contribution in [1.82, 2.24) is 4.98 Å². The van der Waals surface area contributed by atoms with Gasteiger partial charge in [0, 0.05) is 6.07 Å². The summed E-state index contributed by atoms with van der Waals surface area (Å²) in [5.41, 5.74) is 0.469. The van der Waals surface area contributed by atoms with Crippen molar-refractivity contribution >= 4 is 51.7 Å². The molecule has 0 unspecified atom stereocenters. The molecule has 1 aromatic carbocycles. The number of nitrogens with one attached hydrogen (secondary N) is 2. The molecule has 2 rings (SSSR count). The molecule has 2 amide bonds. The fraction of sp³-hybridized carbons (Fsp3) is 0.333. The summed E-state index contributed by atoms with van der Waals surface area (Å²) in [5, 5.41) is 13.8. The molecule has 1 aromatic heterocycles. The minimum absolute atomic E-state index is 0.112. The van der Waals surface area contributed by atoms with Gasteiger partial charge in [-0.2, -0.15) is 0 Å². The smallest absolute Gasteiger partial charge is 0.315 e. The zero-order valence-corrected chi connectivity index (χ0v) is 17.6. The van der Waals surface area contributed by atoms with Crippen molar-refractivity contribution in [2.24, 2.45) is 5.92 Å². The first-order valence-corrected chi connectivity index (χ1v) is 10.5. The maximum Gasteiger partial charge on any atom is 0.315 e. The van der Waals surface area contributed by atoms with Crippen LogP contribution in [0.2, 0.25) is 0 Å². The molecule has 0 radical (unpaired) electrons. The largest absolute Gasteiger partial charge is 0.491 e. The molecule has 8 nitrogen and oxygen atoms in total. The number of carbonyl (C=O) groups excluding carboxylic acids is 2. The number of hydrogen-bond donors (Lipinski definition) is 3.